The number of hydrogen-bond donors (Lipinski definition) is 1. The van der Waals surface area contributed by atoms with E-state index in [0.717, 1.165) is 26.2 Å². The first kappa shape index (κ1) is 20.2. The van der Waals surface area contributed by atoms with Gasteiger partial charge in [-0.1, -0.05) is 30.3 Å². The number of nitrogens with two attached hydrogens (primary N) is 1. The molecule has 0 atom stereocenters. The van der Waals surface area contributed by atoms with Crippen LogP contribution in [-0.4, -0.2) is 44.6 Å². The molecule has 1 saturated heterocycles. The van der Waals surface area contributed by atoms with Crippen LogP contribution >= 0.6 is 0 Å². The summed E-state index contributed by atoms with van der Waals surface area (Å²) in [5, 5.41) is 0. The van der Waals surface area contributed by atoms with Crippen LogP contribution in [0.1, 0.15) is 11.1 Å². The van der Waals surface area contributed by atoms with E-state index in [-0.39, 0.29) is 15.6 Å². The standard InChI is InChI=1S/C22H25N5O2S/c1-16-7-6-10-19(17(16)2)26-11-13-27(14-12-26)22-24-15-20(21(23)25-22)30(28,29)18-8-4-3-5-9-18/h3-10,15H,11-14H2,1-2H3,(H2,23,24,25). The topological polar surface area (TPSA) is 92.4 Å². The minimum absolute atomic E-state index is 0.0270. The van der Waals surface area contributed by atoms with E-state index in [9.17, 15) is 8.42 Å². The first-order valence-corrected chi connectivity index (χ1v) is 11.3. The molecule has 2 heterocycles. The molecule has 0 unspecified atom stereocenters. The van der Waals surface area contributed by atoms with Gasteiger partial charge in [-0.05, 0) is 43.2 Å². The molecule has 1 aliphatic rings. The molecule has 7 nitrogen and oxygen atoms in total. The van der Waals surface area contributed by atoms with Gasteiger partial charge in [-0.15, -0.1) is 0 Å². The summed E-state index contributed by atoms with van der Waals surface area (Å²) < 4.78 is 25.6. The molecule has 0 spiro atoms. The van der Waals surface area contributed by atoms with Crippen molar-refractivity contribution in [3.63, 3.8) is 0 Å². The quantitative estimate of drug-likeness (QED) is 0.690. The third-order valence-electron chi connectivity index (χ3n) is 5.59. The van der Waals surface area contributed by atoms with Crippen molar-refractivity contribution in [3.8, 4) is 0 Å². The van der Waals surface area contributed by atoms with Crippen LogP contribution in [-0.2, 0) is 9.84 Å². The molecule has 1 aromatic heterocycles. The first-order chi connectivity index (χ1) is 14.4. The maximum absolute atomic E-state index is 12.8. The van der Waals surface area contributed by atoms with E-state index in [0.29, 0.717) is 5.95 Å². The molecule has 0 aliphatic carbocycles. The van der Waals surface area contributed by atoms with Gasteiger partial charge in [0.2, 0.25) is 15.8 Å². The molecule has 1 aliphatic heterocycles. The molecular formula is C22H25N5O2S. The highest BCUT2D eigenvalue weighted by Crippen LogP contribution is 2.27. The third-order valence-corrected chi connectivity index (χ3v) is 7.38. The second kappa shape index (κ2) is 7.95. The lowest BCUT2D eigenvalue weighted by Crippen LogP contribution is -2.47. The molecule has 0 radical (unpaired) electrons. The normalized spacial score (nSPS) is 14.7. The number of piperazine rings is 1. The average Bonchev–Trinajstić information content (AvgIpc) is 2.76. The average molecular weight is 424 g/mol. The number of rotatable bonds is 4. The third kappa shape index (κ3) is 3.70. The van der Waals surface area contributed by atoms with Crippen molar-refractivity contribution in [3.05, 3.63) is 65.9 Å². The Bertz CT molecular complexity index is 1160. The van der Waals surface area contributed by atoms with E-state index in [2.05, 4.69) is 46.9 Å². The van der Waals surface area contributed by atoms with Crippen molar-refractivity contribution in [2.24, 2.45) is 0 Å². The van der Waals surface area contributed by atoms with Crippen molar-refractivity contribution >= 4 is 27.3 Å². The summed E-state index contributed by atoms with van der Waals surface area (Å²) in [6, 6.07) is 14.5. The summed E-state index contributed by atoms with van der Waals surface area (Å²) in [6.45, 7) is 7.40. The number of benzene rings is 2. The van der Waals surface area contributed by atoms with Gasteiger partial charge in [0.15, 0.2) is 0 Å². The van der Waals surface area contributed by atoms with Gasteiger partial charge < -0.3 is 15.5 Å². The fourth-order valence-electron chi connectivity index (χ4n) is 3.69. The summed E-state index contributed by atoms with van der Waals surface area (Å²) in [7, 11) is -3.75. The fraction of sp³-hybridized carbons (Fsp3) is 0.273. The van der Waals surface area contributed by atoms with E-state index < -0.39 is 9.84 Å². The Kier molecular flexibility index (Phi) is 5.34. The van der Waals surface area contributed by atoms with Gasteiger partial charge in [0.1, 0.15) is 10.7 Å². The number of sulfone groups is 1. The number of nitrogens with zero attached hydrogens (tertiary/aromatic N) is 4. The molecule has 2 aromatic carbocycles. The van der Waals surface area contributed by atoms with Crippen molar-refractivity contribution in [2.75, 3.05) is 41.7 Å². The van der Waals surface area contributed by atoms with Gasteiger partial charge in [-0.25, -0.2) is 13.4 Å². The predicted octanol–water partition coefficient (Wildman–Crippen LogP) is 2.84. The van der Waals surface area contributed by atoms with Crippen LogP contribution in [0.3, 0.4) is 0 Å². The van der Waals surface area contributed by atoms with E-state index in [1.165, 1.54) is 35.1 Å². The fourth-order valence-corrected chi connectivity index (χ4v) is 4.97. The molecule has 4 rings (SSSR count). The summed E-state index contributed by atoms with van der Waals surface area (Å²) in [5.41, 5.74) is 9.86. The Balaban J connectivity index is 1.51. The van der Waals surface area contributed by atoms with Gasteiger partial charge in [-0.2, -0.15) is 4.98 Å². The van der Waals surface area contributed by atoms with Crippen LogP contribution in [0, 0.1) is 13.8 Å². The zero-order valence-electron chi connectivity index (χ0n) is 17.1. The Hall–Kier alpha value is -3.13. The number of anilines is 3. The molecule has 2 N–H and O–H groups in total. The van der Waals surface area contributed by atoms with E-state index in [1.54, 1.807) is 18.2 Å². The summed E-state index contributed by atoms with van der Waals surface area (Å²) in [6.07, 6.45) is 1.32. The molecule has 3 aromatic rings. The number of hydrogen-bond acceptors (Lipinski definition) is 7. The van der Waals surface area contributed by atoms with E-state index in [4.69, 9.17) is 5.73 Å². The Labute approximate surface area is 177 Å². The lowest BCUT2D eigenvalue weighted by Gasteiger charge is -2.37. The largest absolute Gasteiger partial charge is 0.382 e. The minimum atomic E-state index is -3.75. The zero-order valence-corrected chi connectivity index (χ0v) is 17.9. The van der Waals surface area contributed by atoms with Gasteiger partial charge in [0.25, 0.3) is 0 Å². The molecular weight excluding hydrogens is 398 g/mol. The smallest absolute Gasteiger partial charge is 0.227 e. The first-order valence-electron chi connectivity index (χ1n) is 9.86. The highest BCUT2D eigenvalue weighted by molar-refractivity contribution is 7.91. The highest BCUT2D eigenvalue weighted by atomic mass is 32.2. The molecule has 1 fully saturated rings. The Morgan fingerprint density at radius 1 is 0.900 bits per heavy atom. The molecule has 0 saturated carbocycles. The van der Waals surface area contributed by atoms with Crippen LogP contribution in [0.4, 0.5) is 17.5 Å². The molecule has 156 valence electrons. The van der Waals surface area contributed by atoms with Crippen molar-refractivity contribution < 1.29 is 8.42 Å². The van der Waals surface area contributed by atoms with Crippen LogP contribution in [0.25, 0.3) is 0 Å². The number of aryl methyl sites for hydroxylation is 1. The van der Waals surface area contributed by atoms with Crippen LogP contribution in [0.2, 0.25) is 0 Å². The zero-order chi connectivity index (χ0) is 21.3. The minimum Gasteiger partial charge on any atom is -0.382 e. The Morgan fingerprint density at radius 2 is 1.57 bits per heavy atom. The van der Waals surface area contributed by atoms with E-state index >= 15 is 0 Å². The summed E-state index contributed by atoms with van der Waals surface area (Å²) in [4.78, 5) is 13.1. The monoisotopic (exact) mass is 423 g/mol. The van der Waals surface area contributed by atoms with Gasteiger partial charge >= 0.3 is 0 Å². The highest BCUT2D eigenvalue weighted by Gasteiger charge is 2.25. The predicted molar refractivity (Wildman–Crippen MR) is 119 cm³/mol. The second-order valence-corrected chi connectivity index (χ2v) is 9.35. The van der Waals surface area contributed by atoms with Gasteiger partial charge in [-0.3, -0.25) is 0 Å². The van der Waals surface area contributed by atoms with Crippen molar-refractivity contribution in [2.45, 2.75) is 23.6 Å². The Morgan fingerprint density at radius 3 is 2.23 bits per heavy atom. The molecule has 8 heteroatoms. The lowest BCUT2D eigenvalue weighted by molar-refractivity contribution is 0.595. The number of nitrogen functional groups attached to an aromatic ring is 1. The molecule has 0 amide bonds. The lowest BCUT2D eigenvalue weighted by atomic mass is 10.1. The maximum atomic E-state index is 12.8. The summed E-state index contributed by atoms with van der Waals surface area (Å²) >= 11 is 0. The second-order valence-electron chi connectivity index (χ2n) is 7.43. The molecule has 0 bridgehead atoms. The van der Waals surface area contributed by atoms with Crippen LogP contribution < -0.4 is 15.5 Å². The van der Waals surface area contributed by atoms with Crippen molar-refractivity contribution in [1.82, 2.24) is 9.97 Å². The SMILES string of the molecule is Cc1cccc(N2CCN(c3ncc(S(=O)(=O)c4ccccc4)c(N)n3)CC2)c1C. The van der Waals surface area contributed by atoms with Gasteiger partial charge in [0, 0.05) is 31.9 Å². The maximum Gasteiger partial charge on any atom is 0.227 e. The summed E-state index contributed by atoms with van der Waals surface area (Å²) in [5.74, 6) is 0.431. The van der Waals surface area contributed by atoms with Gasteiger partial charge in [0.05, 0.1) is 11.1 Å². The van der Waals surface area contributed by atoms with Crippen LogP contribution in [0.15, 0.2) is 64.5 Å². The molecule has 30 heavy (non-hydrogen) atoms. The number of aromatic nitrogens is 2. The van der Waals surface area contributed by atoms with Crippen molar-refractivity contribution in [1.29, 1.82) is 0 Å². The van der Waals surface area contributed by atoms with E-state index in [1.807, 2.05) is 4.90 Å². The van der Waals surface area contributed by atoms with Crippen LogP contribution in [0.5, 0.6) is 0 Å².